The van der Waals surface area contributed by atoms with Crippen LogP contribution in [0.15, 0.2) is 36.5 Å². The molecule has 0 aromatic heterocycles. The highest BCUT2D eigenvalue weighted by atomic mass is 16.2. The highest BCUT2D eigenvalue weighted by Gasteiger charge is 2.14. The number of hydrogen-bond donors (Lipinski definition) is 2. The fourth-order valence-electron chi connectivity index (χ4n) is 8.42. The van der Waals surface area contributed by atoms with Gasteiger partial charge in [-0.05, 0) is 96.3 Å². The zero-order valence-electron chi connectivity index (χ0n) is 43.2. The molecule has 0 unspecified atom stereocenters. The summed E-state index contributed by atoms with van der Waals surface area (Å²) in [7, 11) is 0. The van der Waals surface area contributed by atoms with Gasteiger partial charge in [0, 0.05) is 45.4 Å². The van der Waals surface area contributed by atoms with Gasteiger partial charge in [-0.3, -0.25) is 14.4 Å². The number of hydrogen-bond acceptors (Lipinski definition) is 3. The first-order valence-corrected chi connectivity index (χ1v) is 28.3. The van der Waals surface area contributed by atoms with Crippen LogP contribution in [-0.4, -0.2) is 48.8 Å². The first-order valence-electron chi connectivity index (χ1n) is 28.3. The summed E-state index contributed by atoms with van der Waals surface area (Å²) in [5.41, 5.74) is 0. The van der Waals surface area contributed by atoms with Crippen LogP contribution in [0.25, 0.3) is 0 Å². The zero-order chi connectivity index (χ0) is 46.5. The second-order valence-corrected chi connectivity index (χ2v) is 19.1. The molecule has 0 heterocycles. The summed E-state index contributed by atoms with van der Waals surface area (Å²) in [5, 5.41) is 6.14. The van der Waals surface area contributed by atoms with Gasteiger partial charge in [0.05, 0.1) is 0 Å². The molecule has 6 nitrogen and oxygen atoms in total. The minimum absolute atomic E-state index is 0.0792. The lowest BCUT2D eigenvalue weighted by atomic mass is 10.1. The third-order valence-electron chi connectivity index (χ3n) is 12.7. The van der Waals surface area contributed by atoms with E-state index in [-0.39, 0.29) is 17.7 Å². The van der Waals surface area contributed by atoms with Crippen LogP contribution >= 0.6 is 0 Å². The van der Waals surface area contributed by atoms with Crippen molar-refractivity contribution in [1.82, 2.24) is 15.5 Å². The van der Waals surface area contributed by atoms with E-state index >= 15 is 0 Å². The summed E-state index contributed by atoms with van der Waals surface area (Å²) in [6.45, 7) is 8.73. The molecule has 0 aromatic rings. The van der Waals surface area contributed by atoms with E-state index in [0.717, 1.165) is 51.4 Å². The molecule has 0 rings (SSSR count). The molecule has 0 aliphatic heterocycles. The predicted molar refractivity (Wildman–Crippen MR) is 281 cm³/mol. The Kier molecular flexibility index (Phi) is 51.3. The van der Waals surface area contributed by atoms with E-state index in [1.54, 1.807) is 0 Å². The van der Waals surface area contributed by atoms with Gasteiger partial charge in [0.25, 0.3) is 0 Å². The summed E-state index contributed by atoms with van der Waals surface area (Å²) in [6, 6.07) is 0. The molecule has 0 radical (unpaired) electrons. The molecular formula is C58H109N3O3. The number of unbranched alkanes of at least 4 members (excludes halogenated alkanes) is 33. The molecule has 0 aliphatic rings. The first-order chi connectivity index (χ1) is 31.5. The molecule has 3 amide bonds. The average Bonchev–Trinajstić information content (AvgIpc) is 3.29. The summed E-state index contributed by atoms with van der Waals surface area (Å²) in [6.07, 6.45) is 64.3. The lowest BCUT2D eigenvalue weighted by Gasteiger charge is -2.23. The zero-order valence-corrected chi connectivity index (χ0v) is 43.2. The summed E-state index contributed by atoms with van der Waals surface area (Å²) >= 11 is 0. The molecule has 0 aliphatic carbocycles. The van der Waals surface area contributed by atoms with Crippen LogP contribution in [0.1, 0.15) is 290 Å². The summed E-state index contributed by atoms with van der Waals surface area (Å²) < 4.78 is 0. The molecule has 2 N–H and O–H groups in total. The van der Waals surface area contributed by atoms with Crippen molar-refractivity contribution in [3.05, 3.63) is 36.5 Å². The maximum Gasteiger partial charge on any atom is 0.222 e. The van der Waals surface area contributed by atoms with Crippen LogP contribution in [0, 0.1) is 0 Å². The molecule has 6 heteroatoms. The van der Waals surface area contributed by atoms with Gasteiger partial charge in [-0.1, -0.05) is 211 Å². The number of nitrogens with one attached hydrogen (secondary N) is 2. The Hall–Kier alpha value is -2.37. The first kappa shape index (κ1) is 61.6. The maximum absolute atomic E-state index is 13.4. The van der Waals surface area contributed by atoms with Crippen LogP contribution in [0.3, 0.4) is 0 Å². The van der Waals surface area contributed by atoms with Crippen LogP contribution in [-0.2, 0) is 14.4 Å². The van der Waals surface area contributed by atoms with Gasteiger partial charge in [0.1, 0.15) is 0 Å². The van der Waals surface area contributed by atoms with Gasteiger partial charge in [0.15, 0.2) is 0 Å². The molecule has 0 fully saturated rings. The lowest BCUT2D eigenvalue weighted by Crippen LogP contribution is -2.42. The Balaban J connectivity index is 4.37. The van der Waals surface area contributed by atoms with Gasteiger partial charge in [-0.2, -0.15) is 0 Å². The maximum atomic E-state index is 13.4. The number of nitrogens with zero attached hydrogens (tertiary/aromatic N) is 1. The second kappa shape index (κ2) is 53.2. The van der Waals surface area contributed by atoms with E-state index < -0.39 is 0 Å². The van der Waals surface area contributed by atoms with Gasteiger partial charge >= 0.3 is 0 Å². The van der Waals surface area contributed by atoms with Crippen molar-refractivity contribution >= 4 is 17.7 Å². The Morgan fingerprint density at radius 3 is 0.828 bits per heavy atom. The van der Waals surface area contributed by atoms with Crippen LogP contribution < -0.4 is 10.6 Å². The average molecular weight is 897 g/mol. The smallest absolute Gasteiger partial charge is 0.222 e. The van der Waals surface area contributed by atoms with E-state index in [9.17, 15) is 14.4 Å². The number of carbonyl (C=O) groups excluding carboxylic acids is 3. The Morgan fingerprint density at radius 2 is 0.547 bits per heavy atom. The summed E-state index contributed by atoms with van der Waals surface area (Å²) in [4.78, 5) is 40.5. The molecule has 64 heavy (non-hydrogen) atoms. The van der Waals surface area contributed by atoms with Crippen molar-refractivity contribution < 1.29 is 14.4 Å². The third kappa shape index (κ3) is 49.1. The monoisotopic (exact) mass is 896 g/mol. The second-order valence-electron chi connectivity index (χ2n) is 19.1. The highest BCUT2D eigenvalue weighted by Crippen LogP contribution is 2.14. The van der Waals surface area contributed by atoms with Crippen molar-refractivity contribution in [2.45, 2.75) is 290 Å². The molecule has 0 saturated heterocycles. The number of allylic oxidation sites excluding steroid dienone is 6. The van der Waals surface area contributed by atoms with Crippen molar-refractivity contribution in [2.24, 2.45) is 0 Å². The van der Waals surface area contributed by atoms with E-state index in [1.165, 1.54) is 199 Å². The fourth-order valence-corrected chi connectivity index (χ4v) is 8.42. The largest absolute Gasteiger partial charge is 0.354 e. The third-order valence-corrected chi connectivity index (χ3v) is 12.7. The van der Waals surface area contributed by atoms with Crippen molar-refractivity contribution in [3.63, 3.8) is 0 Å². The van der Waals surface area contributed by atoms with Crippen molar-refractivity contribution in [2.75, 3.05) is 26.2 Å². The van der Waals surface area contributed by atoms with Gasteiger partial charge in [0.2, 0.25) is 17.7 Å². The highest BCUT2D eigenvalue weighted by molar-refractivity contribution is 5.78. The van der Waals surface area contributed by atoms with Crippen LogP contribution in [0.4, 0.5) is 0 Å². The molecule has 374 valence electrons. The van der Waals surface area contributed by atoms with E-state index in [2.05, 4.69) is 67.9 Å². The lowest BCUT2D eigenvalue weighted by molar-refractivity contribution is -0.132. The van der Waals surface area contributed by atoms with Crippen molar-refractivity contribution in [3.8, 4) is 0 Å². The standard InChI is InChI=1S/C58H109N3O3/c1-4-7-10-13-16-19-22-25-28-31-34-37-40-43-46-49-56(62)59-52-54-61(58(64)51-48-45-42-39-36-33-30-27-24-21-18-15-12-9-6-3)55-53-60-57(63)50-47-44-41-38-35-32-29-26-23-20-17-14-11-8-5-2/h25-30H,4-24,31-55H2,1-3H3,(H,59,62)(H,60,63)/b28-25-,29-26-,30-27-. The number of carbonyl (C=O) groups is 3. The van der Waals surface area contributed by atoms with E-state index in [1.807, 2.05) is 4.90 Å². The topological polar surface area (TPSA) is 78.5 Å². The Morgan fingerprint density at radius 1 is 0.312 bits per heavy atom. The number of amides is 3. The molecule has 0 spiro atoms. The predicted octanol–water partition coefficient (Wildman–Crippen LogP) is 17.2. The molecule has 0 saturated carbocycles. The normalized spacial score (nSPS) is 11.7. The fraction of sp³-hybridized carbons (Fsp3) is 0.845. The van der Waals surface area contributed by atoms with Crippen LogP contribution in [0.5, 0.6) is 0 Å². The van der Waals surface area contributed by atoms with E-state index in [0.29, 0.717) is 45.4 Å². The minimum Gasteiger partial charge on any atom is -0.354 e. The Labute approximate surface area is 399 Å². The van der Waals surface area contributed by atoms with Crippen LogP contribution in [0.2, 0.25) is 0 Å². The quantitative estimate of drug-likeness (QED) is 0.0472. The minimum atomic E-state index is 0.0792. The van der Waals surface area contributed by atoms with Gasteiger partial charge in [-0.15, -0.1) is 0 Å². The number of rotatable bonds is 51. The van der Waals surface area contributed by atoms with Gasteiger partial charge < -0.3 is 15.5 Å². The van der Waals surface area contributed by atoms with Crippen molar-refractivity contribution in [1.29, 1.82) is 0 Å². The molecule has 0 bridgehead atoms. The van der Waals surface area contributed by atoms with E-state index in [4.69, 9.17) is 0 Å². The SMILES string of the molecule is CCCCCCCC/C=C\CCCCCCCC(=O)NCCN(CCNC(=O)CCCCCCC/C=C\CCCCCCCC)C(=O)CCCCCCC/C=C\CCCCCCCC. The molecule has 0 atom stereocenters. The summed E-state index contributed by atoms with van der Waals surface area (Å²) in [5.74, 6) is 0.293. The van der Waals surface area contributed by atoms with Gasteiger partial charge in [-0.25, -0.2) is 0 Å². The Bertz CT molecular complexity index is 1030. The molecule has 0 aromatic carbocycles. The molecular weight excluding hydrogens is 787 g/mol.